The molecule has 2 rings (SSSR count). The van der Waals surface area contributed by atoms with Gasteiger partial charge in [0.25, 0.3) is 0 Å². The summed E-state index contributed by atoms with van der Waals surface area (Å²) in [6.45, 7) is 1.91. The molecule has 0 aliphatic carbocycles. The number of carbonyl (C=O) groups excluding carboxylic acids is 1. The van der Waals surface area contributed by atoms with Gasteiger partial charge in [-0.3, -0.25) is 4.79 Å². The molecule has 2 N–H and O–H groups in total. The van der Waals surface area contributed by atoms with E-state index in [-0.39, 0.29) is 12.5 Å². The molecule has 0 aliphatic rings. The van der Waals surface area contributed by atoms with Crippen LogP contribution in [0.15, 0.2) is 41.1 Å². The van der Waals surface area contributed by atoms with Gasteiger partial charge in [-0.25, -0.2) is 0 Å². The maximum atomic E-state index is 11.9. The van der Waals surface area contributed by atoms with Crippen LogP contribution in [0.4, 0.5) is 0 Å². The van der Waals surface area contributed by atoms with Gasteiger partial charge in [0.2, 0.25) is 5.91 Å². The molecule has 1 heterocycles. The third kappa shape index (κ3) is 4.58. The van der Waals surface area contributed by atoms with Crippen molar-refractivity contribution in [2.45, 2.75) is 25.4 Å². The molecule has 1 unspecified atom stereocenters. The number of amides is 1. The lowest BCUT2D eigenvalue weighted by atomic mass is 9.99. The van der Waals surface area contributed by atoms with E-state index in [0.29, 0.717) is 12.8 Å². The number of aliphatic hydroxyl groups is 1. The third-order valence-electron chi connectivity index (χ3n) is 3.55. The summed E-state index contributed by atoms with van der Waals surface area (Å²) in [6, 6.07) is 9.55. The van der Waals surface area contributed by atoms with Crippen LogP contribution in [0.25, 0.3) is 0 Å². The number of hydrogen-bond donors (Lipinski definition) is 2. The first kappa shape index (κ1) is 16.5. The van der Waals surface area contributed by atoms with Crippen molar-refractivity contribution in [2.24, 2.45) is 0 Å². The van der Waals surface area contributed by atoms with E-state index in [9.17, 15) is 9.90 Å². The second-order valence-corrected chi connectivity index (χ2v) is 6.19. The van der Waals surface area contributed by atoms with Crippen LogP contribution in [0.5, 0.6) is 5.75 Å². The summed E-state index contributed by atoms with van der Waals surface area (Å²) in [5.74, 6) is 0.719. The van der Waals surface area contributed by atoms with Gasteiger partial charge in [-0.05, 0) is 53.4 Å². The van der Waals surface area contributed by atoms with Crippen LogP contribution < -0.4 is 10.1 Å². The molecule has 0 fully saturated rings. The number of nitrogens with one attached hydrogen (secondary N) is 1. The van der Waals surface area contributed by atoms with Gasteiger partial charge >= 0.3 is 0 Å². The van der Waals surface area contributed by atoms with E-state index >= 15 is 0 Å². The van der Waals surface area contributed by atoms with E-state index in [4.69, 9.17) is 4.74 Å². The Morgan fingerprint density at radius 3 is 2.91 bits per heavy atom. The highest BCUT2D eigenvalue weighted by Crippen LogP contribution is 2.22. The van der Waals surface area contributed by atoms with E-state index < -0.39 is 5.60 Å². The average molecular weight is 319 g/mol. The maximum absolute atomic E-state index is 11.9. The molecular weight excluding hydrogens is 298 g/mol. The Morgan fingerprint density at radius 1 is 1.41 bits per heavy atom. The van der Waals surface area contributed by atoms with Crippen molar-refractivity contribution >= 4 is 17.2 Å². The minimum atomic E-state index is -1.04. The first-order valence-electron chi connectivity index (χ1n) is 7.16. The molecule has 1 amide bonds. The predicted molar refractivity (Wildman–Crippen MR) is 88.2 cm³/mol. The Kier molecular flexibility index (Phi) is 5.57. The van der Waals surface area contributed by atoms with Crippen molar-refractivity contribution in [1.29, 1.82) is 0 Å². The van der Waals surface area contributed by atoms with Crippen molar-refractivity contribution < 1.29 is 14.6 Å². The second kappa shape index (κ2) is 7.42. The minimum absolute atomic E-state index is 0.0710. The predicted octanol–water partition coefficient (Wildman–Crippen LogP) is 2.71. The van der Waals surface area contributed by atoms with E-state index in [1.54, 1.807) is 14.0 Å². The van der Waals surface area contributed by atoms with Crippen molar-refractivity contribution in [3.63, 3.8) is 0 Å². The van der Waals surface area contributed by atoms with Gasteiger partial charge in [-0.15, -0.1) is 0 Å². The summed E-state index contributed by atoms with van der Waals surface area (Å²) in [5.41, 5.74) is 0.843. The summed E-state index contributed by atoms with van der Waals surface area (Å²) in [6.07, 6.45) is 1.02. The normalized spacial score (nSPS) is 13.4. The largest absolute Gasteiger partial charge is 0.497 e. The number of thiophene rings is 1. The van der Waals surface area contributed by atoms with Crippen molar-refractivity contribution in [3.05, 3.63) is 52.2 Å². The van der Waals surface area contributed by atoms with Gasteiger partial charge in [0.15, 0.2) is 0 Å². The Balaban J connectivity index is 1.80. The number of rotatable bonds is 7. The van der Waals surface area contributed by atoms with Gasteiger partial charge in [-0.1, -0.05) is 12.1 Å². The fourth-order valence-corrected chi connectivity index (χ4v) is 2.90. The fourth-order valence-electron chi connectivity index (χ4n) is 2.12. The van der Waals surface area contributed by atoms with Crippen molar-refractivity contribution in [2.75, 3.05) is 13.7 Å². The zero-order valence-corrected chi connectivity index (χ0v) is 13.7. The molecule has 1 aromatic heterocycles. The Hall–Kier alpha value is -1.85. The summed E-state index contributed by atoms with van der Waals surface area (Å²) < 4.78 is 5.16. The lowest BCUT2D eigenvalue weighted by Gasteiger charge is -2.22. The molecule has 1 aromatic carbocycles. The highest BCUT2D eigenvalue weighted by Gasteiger charge is 2.23. The molecule has 4 nitrogen and oxygen atoms in total. The highest BCUT2D eigenvalue weighted by atomic mass is 32.1. The second-order valence-electron chi connectivity index (χ2n) is 5.41. The Morgan fingerprint density at radius 2 is 2.23 bits per heavy atom. The number of aryl methyl sites for hydroxylation is 1. The van der Waals surface area contributed by atoms with Crippen LogP contribution >= 0.6 is 11.3 Å². The van der Waals surface area contributed by atoms with Gasteiger partial charge < -0.3 is 15.2 Å². The van der Waals surface area contributed by atoms with Crippen LogP contribution in [0.3, 0.4) is 0 Å². The molecule has 0 radical (unpaired) electrons. The molecule has 0 saturated heterocycles. The number of methoxy groups -OCH3 is 1. The van der Waals surface area contributed by atoms with Crippen molar-refractivity contribution in [1.82, 2.24) is 5.32 Å². The van der Waals surface area contributed by atoms with Gasteiger partial charge in [-0.2, -0.15) is 11.3 Å². The minimum Gasteiger partial charge on any atom is -0.497 e. The molecule has 22 heavy (non-hydrogen) atoms. The summed E-state index contributed by atoms with van der Waals surface area (Å²) in [5, 5.41) is 16.9. The molecular formula is C17H21NO3S. The summed E-state index contributed by atoms with van der Waals surface area (Å²) in [7, 11) is 1.62. The van der Waals surface area contributed by atoms with Crippen LogP contribution in [0, 0.1) is 0 Å². The number of benzene rings is 1. The fraction of sp³-hybridized carbons (Fsp3) is 0.353. The summed E-state index contributed by atoms with van der Waals surface area (Å²) >= 11 is 1.53. The van der Waals surface area contributed by atoms with Gasteiger partial charge in [0.1, 0.15) is 11.4 Å². The van der Waals surface area contributed by atoms with E-state index in [0.717, 1.165) is 16.9 Å². The van der Waals surface area contributed by atoms with Crippen LogP contribution in [0.1, 0.15) is 24.5 Å². The molecule has 118 valence electrons. The lowest BCUT2D eigenvalue weighted by molar-refractivity contribution is -0.122. The molecule has 0 bridgehead atoms. The molecule has 0 saturated carbocycles. The molecule has 1 atom stereocenters. The van der Waals surface area contributed by atoms with E-state index in [1.165, 1.54) is 11.3 Å². The SMILES string of the molecule is COc1cccc(CCC(=O)NCC(C)(O)c2ccsc2)c1. The topological polar surface area (TPSA) is 58.6 Å². The first-order chi connectivity index (χ1) is 10.5. The maximum Gasteiger partial charge on any atom is 0.220 e. The third-order valence-corrected chi connectivity index (χ3v) is 4.23. The van der Waals surface area contributed by atoms with E-state index in [1.807, 2.05) is 41.1 Å². The monoisotopic (exact) mass is 319 g/mol. The Bertz CT molecular complexity index is 608. The highest BCUT2D eigenvalue weighted by molar-refractivity contribution is 7.08. The lowest BCUT2D eigenvalue weighted by Crippen LogP contribution is -2.38. The van der Waals surface area contributed by atoms with Gasteiger partial charge in [0.05, 0.1) is 13.7 Å². The molecule has 0 aliphatic heterocycles. The smallest absolute Gasteiger partial charge is 0.220 e. The molecule has 2 aromatic rings. The Labute approximate surface area is 134 Å². The van der Waals surface area contributed by atoms with E-state index in [2.05, 4.69) is 5.32 Å². The van der Waals surface area contributed by atoms with Crippen molar-refractivity contribution in [3.8, 4) is 5.75 Å². The number of hydrogen-bond acceptors (Lipinski definition) is 4. The average Bonchev–Trinajstić information content (AvgIpc) is 3.06. The summed E-state index contributed by atoms with van der Waals surface area (Å²) in [4.78, 5) is 11.9. The van der Waals surface area contributed by atoms with Crippen LogP contribution in [-0.4, -0.2) is 24.7 Å². The molecule has 5 heteroatoms. The zero-order valence-electron chi connectivity index (χ0n) is 12.8. The van der Waals surface area contributed by atoms with Gasteiger partial charge in [0, 0.05) is 6.42 Å². The number of carbonyl (C=O) groups is 1. The standard InChI is InChI=1S/C17H21NO3S/c1-17(20,14-8-9-22-11-14)12-18-16(19)7-6-13-4-3-5-15(10-13)21-2/h3-5,8-11,20H,6-7,12H2,1-2H3,(H,18,19). The van der Waals surface area contributed by atoms with Crippen LogP contribution in [0.2, 0.25) is 0 Å². The number of ether oxygens (including phenoxy) is 1. The van der Waals surface area contributed by atoms with Crippen LogP contribution in [-0.2, 0) is 16.8 Å². The zero-order chi connectivity index (χ0) is 16.0. The molecule has 0 spiro atoms. The quantitative estimate of drug-likeness (QED) is 0.825. The first-order valence-corrected chi connectivity index (χ1v) is 8.10.